The molecule has 0 amide bonds. The molecule has 0 fully saturated rings. The fourth-order valence-corrected chi connectivity index (χ4v) is 0.843. The van der Waals surface area contributed by atoms with Crippen LogP contribution in [0.25, 0.3) is 0 Å². The zero-order chi connectivity index (χ0) is 8.69. The molecule has 0 aromatic heterocycles. The Morgan fingerprint density at radius 3 is 2.73 bits per heavy atom. The van der Waals surface area contributed by atoms with E-state index < -0.39 is 0 Å². The Balaban J connectivity index is 3.43. The largest absolute Gasteiger partial charge is 0.320 e. The van der Waals surface area contributed by atoms with Crippen molar-refractivity contribution in [1.82, 2.24) is 5.32 Å². The maximum absolute atomic E-state index is 10.7. The van der Waals surface area contributed by atoms with Crippen molar-refractivity contribution >= 4 is 12.1 Å². The molecule has 0 aromatic rings. The molecule has 64 valence electrons. The third-order valence-corrected chi connectivity index (χ3v) is 1.67. The van der Waals surface area contributed by atoms with Gasteiger partial charge < -0.3 is 5.32 Å². The molecular formula is C8H15NO2. The molecule has 11 heavy (non-hydrogen) atoms. The number of carbonyl (C=O) groups excluding carboxylic acids is 2. The van der Waals surface area contributed by atoms with Gasteiger partial charge in [-0.05, 0) is 26.4 Å². The van der Waals surface area contributed by atoms with Crippen molar-refractivity contribution in [2.75, 3.05) is 13.6 Å². The third kappa shape index (κ3) is 4.67. The molecule has 3 nitrogen and oxygen atoms in total. The van der Waals surface area contributed by atoms with Crippen molar-refractivity contribution in [3.63, 3.8) is 0 Å². The minimum atomic E-state index is -0.291. The van der Waals surface area contributed by atoms with Crippen molar-refractivity contribution < 1.29 is 9.59 Å². The van der Waals surface area contributed by atoms with Crippen LogP contribution in [0.3, 0.4) is 0 Å². The molecule has 1 N–H and O–H groups in total. The maximum Gasteiger partial charge on any atom is 0.197 e. The minimum Gasteiger partial charge on any atom is -0.320 e. The molecule has 0 aliphatic heterocycles. The quantitative estimate of drug-likeness (QED) is 0.344. The highest BCUT2D eigenvalue weighted by Gasteiger charge is 2.09. The molecule has 0 radical (unpaired) electrons. The lowest BCUT2D eigenvalue weighted by atomic mass is 10.0. The van der Waals surface area contributed by atoms with Gasteiger partial charge in [0.25, 0.3) is 0 Å². The zero-order valence-electron chi connectivity index (χ0n) is 7.09. The van der Waals surface area contributed by atoms with Gasteiger partial charge >= 0.3 is 0 Å². The number of hydrogen-bond acceptors (Lipinski definition) is 3. The summed E-state index contributed by atoms with van der Waals surface area (Å²) in [6.45, 7) is 2.68. The Morgan fingerprint density at radius 2 is 2.27 bits per heavy atom. The number of nitrogens with one attached hydrogen (secondary N) is 1. The summed E-state index contributed by atoms with van der Waals surface area (Å²) in [5, 5.41) is 2.98. The van der Waals surface area contributed by atoms with E-state index in [9.17, 15) is 9.59 Å². The average Bonchev–Trinajstić information content (AvgIpc) is 2.03. The second kappa shape index (κ2) is 6.04. The van der Waals surface area contributed by atoms with Gasteiger partial charge in [0.15, 0.2) is 12.1 Å². The molecule has 0 aliphatic rings. The molecule has 0 heterocycles. The van der Waals surface area contributed by atoms with Crippen LogP contribution in [-0.4, -0.2) is 25.7 Å². The van der Waals surface area contributed by atoms with E-state index >= 15 is 0 Å². The van der Waals surface area contributed by atoms with E-state index in [1.54, 1.807) is 6.92 Å². The minimum absolute atomic E-state index is 0.110. The average molecular weight is 157 g/mol. The van der Waals surface area contributed by atoms with Gasteiger partial charge in [0, 0.05) is 5.92 Å². The van der Waals surface area contributed by atoms with Gasteiger partial charge in [0.1, 0.15) is 0 Å². The highest BCUT2D eigenvalue weighted by atomic mass is 16.2. The SMILES string of the molecule is CNCCCC(C)C(=O)C=O. The summed E-state index contributed by atoms with van der Waals surface area (Å²) in [6, 6.07) is 0. The molecule has 3 heteroatoms. The second-order valence-electron chi connectivity index (χ2n) is 2.67. The Hall–Kier alpha value is -0.700. The van der Waals surface area contributed by atoms with Crippen molar-refractivity contribution in [2.24, 2.45) is 5.92 Å². The van der Waals surface area contributed by atoms with Gasteiger partial charge in [0.05, 0.1) is 0 Å². The fourth-order valence-electron chi connectivity index (χ4n) is 0.843. The first-order valence-corrected chi connectivity index (χ1v) is 3.86. The van der Waals surface area contributed by atoms with E-state index in [0.29, 0.717) is 6.29 Å². The molecule has 0 saturated heterocycles. The van der Waals surface area contributed by atoms with Gasteiger partial charge in [-0.25, -0.2) is 0 Å². The second-order valence-corrected chi connectivity index (χ2v) is 2.67. The van der Waals surface area contributed by atoms with Crippen LogP contribution in [0, 0.1) is 5.92 Å². The summed E-state index contributed by atoms with van der Waals surface area (Å²) in [5.41, 5.74) is 0. The molecule has 0 saturated carbocycles. The summed E-state index contributed by atoms with van der Waals surface area (Å²) in [5.74, 6) is -0.401. The first-order chi connectivity index (χ1) is 5.22. The standard InChI is InChI=1S/C8H15NO2/c1-7(8(11)6-10)4-3-5-9-2/h6-7,9H,3-5H2,1-2H3. The number of hydrogen-bond donors (Lipinski definition) is 1. The molecule has 1 atom stereocenters. The number of aldehydes is 1. The van der Waals surface area contributed by atoms with Crippen LogP contribution in [0.1, 0.15) is 19.8 Å². The lowest BCUT2D eigenvalue weighted by molar-refractivity contribution is -0.132. The van der Waals surface area contributed by atoms with Crippen LogP contribution in [0.2, 0.25) is 0 Å². The van der Waals surface area contributed by atoms with E-state index in [-0.39, 0.29) is 11.7 Å². The van der Waals surface area contributed by atoms with Gasteiger partial charge in [-0.15, -0.1) is 0 Å². The van der Waals surface area contributed by atoms with Crippen LogP contribution in [0.4, 0.5) is 0 Å². The first kappa shape index (κ1) is 10.3. The van der Waals surface area contributed by atoms with Crippen molar-refractivity contribution in [2.45, 2.75) is 19.8 Å². The lowest BCUT2D eigenvalue weighted by Crippen LogP contribution is -2.15. The Morgan fingerprint density at radius 1 is 1.64 bits per heavy atom. The Kier molecular flexibility index (Phi) is 5.65. The molecule has 0 bridgehead atoms. The highest BCUT2D eigenvalue weighted by Crippen LogP contribution is 2.04. The summed E-state index contributed by atoms with van der Waals surface area (Å²) in [4.78, 5) is 20.7. The van der Waals surface area contributed by atoms with Gasteiger partial charge in [0.2, 0.25) is 0 Å². The normalized spacial score (nSPS) is 12.5. The van der Waals surface area contributed by atoms with Gasteiger partial charge in [-0.1, -0.05) is 6.92 Å². The van der Waals surface area contributed by atoms with E-state index in [1.807, 2.05) is 7.05 Å². The lowest BCUT2D eigenvalue weighted by Gasteiger charge is -2.04. The number of carbonyl (C=O) groups is 2. The van der Waals surface area contributed by atoms with Crippen molar-refractivity contribution in [3.8, 4) is 0 Å². The Labute approximate surface area is 67.2 Å². The predicted molar refractivity (Wildman–Crippen MR) is 43.4 cm³/mol. The molecule has 0 rings (SSSR count). The number of Topliss-reactive ketones (excluding diaryl/α,β-unsaturated/α-hetero) is 1. The first-order valence-electron chi connectivity index (χ1n) is 3.86. The van der Waals surface area contributed by atoms with Gasteiger partial charge in [-0.2, -0.15) is 0 Å². The smallest absolute Gasteiger partial charge is 0.197 e. The summed E-state index contributed by atoms with van der Waals surface area (Å²) < 4.78 is 0. The van der Waals surface area contributed by atoms with Crippen molar-refractivity contribution in [1.29, 1.82) is 0 Å². The van der Waals surface area contributed by atoms with Crippen molar-refractivity contribution in [3.05, 3.63) is 0 Å². The number of ketones is 1. The highest BCUT2D eigenvalue weighted by molar-refractivity contribution is 6.25. The fraction of sp³-hybridized carbons (Fsp3) is 0.750. The van der Waals surface area contributed by atoms with Gasteiger partial charge in [-0.3, -0.25) is 9.59 Å². The maximum atomic E-state index is 10.7. The number of rotatable bonds is 6. The van der Waals surface area contributed by atoms with Crippen LogP contribution in [0.5, 0.6) is 0 Å². The predicted octanol–water partition coefficient (Wildman–Crippen LogP) is 0.390. The van der Waals surface area contributed by atoms with Crippen LogP contribution in [0.15, 0.2) is 0 Å². The summed E-state index contributed by atoms with van der Waals surface area (Å²) in [7, 11) is 1.87. The molecule has 0 aliphatic carbocycles. The molecule has 0 spiro atoms. The Bertz CT molecular complexity index is 134. The van der Waals surface area contributed by atoms with E-state index in [4.69, 9.17) is 0 Å². The monoisotopic (exact) mass is 157 g/mol. The third-order valence-electron chi connectivity index (χ3n) is 1.67. The summed E-state index contributed by atoms with van der Waals surface area (Å²) >= 11 is 0. The van der Waals surface area contributed by atoms with Crippen LogP contribution in [-0.2, 0) is 9.59 Å². The van der Waals surface area contributed by atoms with E-state index in [2.05, 4.69) is 5.32 Å². The molecule has 1 unspecified atom stereocenters. The van der Waals surface area contributed by atoms with Crippen LogP contribution < -0.4 is 5.32 Å². The molecular weight excluding hydrogens is 142 g/mol. The topological polar surface area (TPSA) is 46.2 Å². The summed E-state index contributed by atoms with van der Waals surface area (Å²) in [6.07, 6.45) is 2.14. The van der Waals surface area contributed by atoms with E-state index in [0.717, 1.165) is 19.4 Å². The van der Waals surface area contributed by atoms with E-state index in [1.165, 1.54) is 0 Å². The molecule has 0 aromatic carbocycles. The zero-order valence-corrected chi connectivity index (χ0v) is 7.09. The van der Waals surface area contributed by atoms with Crippen LogP contribution >= 0.6 is 0 Å².